The van der Waals surface area contributed by atoms with Crippen LogP contribution in [0.15, 0.2) is 91.0 Å². The molecule has 0 aliphatic carbocycles. The highest BCUT2D eigenvalue weighted by Gasteiger charge is 2.25. The first-order chi connectivity index (χ1) is 17.6. The molecule has 0 aromatic heterocycles. The second kappa shape index (κ2) is 11.8. The van der Waals surface area contributed by atoms with Gasteiger partial charge < -0.3 is 23.7 Å². The lowest BCUT2D eigenvalue weighted by molar-refractivity contribution is 0.102. The van der Waals surface area contributed by atoms with Crippen molar-refractivity contribution >= 4 is 5.78 Å². The third kappa shape index (κ3) is 5.78. The Labute approximate surface area is 211 Å². The quantitative estimate of drug-likeness (QED) is 0.240. The van der Waals surface area contributed by atoms with Gasteiger partial charge in [-0.3, -0.25) is 4.79 Å². The van der Waals surface area contributed by atoms with Crippen LogP contribution in [0.4, 0.5) is 0 Å². The van der Waals surface area contributed by atoms with Crippen molar-refractivity contribution in [2.45, 2.75) is 13.2 Å². The second-order valence-electron chi connectivity index (χ2n) is 7.94. The van der Waals surface area contributed by atoms with E-state index < -0.39 is 0 Å². The molecule has 0 aliphatic heterocycles. The molecule has 0 saturated carbocycles. The minimum Gasteiger partial charge on any atom is -0.496 e. The van der Waals surface area contributed by atoms with Crippen LogP contribution in [-0.4, -0.2) is 27.1 Å². The first kappa shape index (κ1) is 24.7. The number of hydrogen-bond acceptors (Lipinski definition) is 6. The largest absolute Gasteiger partial charge is 0.496 e. The van der Waals surface area contributed by atoms with Crippen LogP contribution in [-0.2, 0) is 13.2 Å². The molecule has 0 heterocycles. The van der Waals surface area contributed by atoms with E-state index in [1.54, 1.807) is 37.4 Å². The van der Waals surface area contributed by atoms with Crippen LogP contribution in [0.1, 0.15) is 27.0 Å². The van der Waals surface area contributed by atoms with Crippen LogP contribution in [0.3, 0.4) is 0 Å². The fourth-order valence-corrected chi connectivity index (χ4v) is 3.74. The molecular formula is C30H28O6. The van der Waals surface area contributed by atoms with Crippen molar-refractivity contribution in [3.8, 4) is 28.7 Å². The molecule has 4 aromatic rings. The summed E-state index contributed by atoms with van der Waals surface area (Å²) in [7, 11) is 4.53. The van der Waals surface area contributed by atoms with Gasteiger partial charge in [-0.25, -0.2) is 0 Å². The average molecular weight is 485 g/mol. The molecule has 0 spiro atoms. The van der Waals surface area contributed by atoms with Crippen molar-refractivity contribution in [3.05, 3.63) is 113 Å². The predicted molar refractivity (Wildman–Crippen MR) is 138 cm³/mol. The van der Waals surface area contributed by atoms with Gasteiger partial charge in [-0.1, -0.05) is 60.7 Å². The van der Waals surface area contributed by atoms with Crippen LogP contribution >= 0.6 is 0 Å². The van der Waals surface area contributed by atoms with Gasteiger partial charge in [-0.15, -0.1) is 0 Å². The van der Waals surface area contributed by atoms with Crippen molar-refractivity contribution < 1.29 is 28.5 Å². The van der Waals surface area contributed by atoms with Crippen LogP contribution in [0.5, 0.6) is 28.7 Å². The topological polar surface area (TPSA) is 63.2 Å². The summed E-state index contributed by atoms with van der Waals surface area (Å²) in [4.78, 5) is 13.9. The van der Waals surface area contributed by atoms with Gasteiger partial charge in [0.05, 0.1) is 26.9 Å². The predicted octanol–water partition coefficient (Wildman–Crippen LogP) is 6.10. The van der Waals surface area contributed by atoms with E-state index in [-0.39, 0.29) is 11.3 Å². The van der Waals surface area contributed by atoms with E-state index in [0.717, 1.165) is 11.1 Å². The summed E-state index contributed by atoms with van der Waals surface area (Å²) >= 11 is 0. The van der Waals surface area contributed by atoms with Crippen LogP contribution in [0.2, 0.25) is 0 Å². The summed E-state index contributed by atoms with van der Waals surface area (Å²) in [5.74, 6) is 1.83. The van der Waals surface area contributed by atoms with E-state index in [9.17, 15) is 4.79 Å². The molecule has 6 nitrogen and oxygen atoms in total. The van der Waals surface area contributed by atoms with Crippen molar-refractivity contribution in [1.82, 2.24) is 0 Å². The van der Waals surface area contributed by atoms with Gasteiger partial charge in [0.2, 0.25) is 5.78 Å². The van der Waals surface area contributed by atoms with Crippen molar-refractivity contribution in [2.24, 2.45) is 0 Å². The summed E-state index contributed by atoms with van der Waals surface area (Å²) in [6, 6.07) is 28.1. The number of hydrogen-bond donors (Lipinski definition) is 0. The van der Waals surface area contributed by atoms with Crippen LogP contribution in [0, 0.1) is 0 Å². The highest BCUT2D eigenvalue weighted by Crippen LogP contribution is 2.38. The Balaban J connectivity index is 1.71. The summed E-state index contributed by atoms with van der Waals surface area (Å²) in [6.45, 7) is 0.677. The number of rotatable bonds is 11. The van der Waals surface area contributed by atoms with E-state index >= 15 is 0 Å². The molecule has 0 aliphatic rings. The SMILES string of the molecule is COc1cc(OC)c(C(=O)c2cc(OCc3ccccc3)ccc2OCc2ccccc2)c(OC)c1. The standard InChI is InChI=1S/C30H28O6/c1-32-24-17-27(33-2)29(28(18-24)34-3)30(31)25-16-23(35-19-21-10-6-4-7-11-21)14-15-26(25)36-20-22-12-8-5-9-13-22/h4-18H,19-20H2,1-3H3. The lowest BCUT2D eigenvalue weighted by Crippen LogP contribution is -2.10. The molecule has 0 amide bonds. The van der Waals surface area contributed by atoms with Crippen molar-refractivity contribution in [3.63, 3.8) is 0 Å². The van der Waals surface area contributed by atoms with E-state index in [1.165, 1.54) is 14.2 Å². The number of carbonyl (C=O) groups is 1. The molecule has 6 heteroatoms. The Kier molecular flexibility index (Phi) is 8.08. The molecule has 0 fully saturated rings. The van der Waals surface area contributed by atoms with E-state index in [4.69, 9.17) is 23.7 Å². The van der Waals surface area contributed by atoms with Gasteiger partial charge in [-0.05, 0) is 29.3 Å². The summed E-state index contributed by atoms with van der Waals surface area (Å²) < 4.78 is 28.5. The second-order valence-corrected chi connectivity index (χ2v) is 7.94. The van der Waals surface area contributed by atoms with Gasteiger partial charge in [0.1, 0.15) is 47.5 Å². The Hall–Kier alpha value is -4.45. The normalized spacial score (nSPS) is 10.4. The minimum absolute atomic E-state index is 0.269. The summed E-state index contributed by atoms with van der Waals surface area (Å²) in [6.07, 6.45) is 0. The maximum absolute atomic E-state index is 13.9. The Morgan fingerprint density at radius 3 is 1.67 bits per heavy atom. The molecule has 36 heavy (non-hydrogen) atoms. The zero-order valence-corrected chi connectivity index (χ0v) is 20.5. The molecule has 0 atom stereocenters. The van der Waals surface area contributed by atoms with Crippen molar-refractivity contribution in [2.75, 3.05) is 21.3 Å². The zero-order chi connectivity index (χ0) is 25.3. The van der Waals surface area contributed by atoms with Crippen LogP contribution < -0.4 is 23.7 Å². The number of ketones is 1. The molecule has 0 N–H and O–H groups in total. The van der Waals surface area contributed by atoms with E-state index in [2.05, 4.69) is 0 Å². The van der Waals surface area contributed by atoms with E-state index in [1.807, 2.05) is 60.7 Å². The fraction of sp³-hybridized carbons (Fsp3) is 0.167. The molecule has 4 aromatic carbocycles. The van der Waals surface area contributed by atoms with Gasteiger partial charge in [-0.2, -0.15) is 0 Å². The highest BCUT2D eigenvalue weighted by atomic mass is 16.5. The molecule has 0 bridgehead atoms. The van der Waals surface area contributed by atoms with E-state index in [0.29, 0.717) is 47.5 Å². The highest BCUT2D eigenvalue weighted by molar-refractivity contribution is 6.14. The van der Waals surface area contributed by atoms with Gasteiger partial charge in [0.25, 0.3) is 0 Å². The van der Waals surface area contributed by atoms with Gasteiger partial charge >= 0.3 is 0 Å². The smallest absolute Gasteiger partial charge is 0.204 e. The van der Waals surface area contributed by atoms with Gasteiger partial charge in [0.15, 0.2) is 0 Å². The first-order valence-electron chi connectivity index (χ1n) is 11.4. The molecule has 0 saturated heterocycles. The molecule has 184 valence electrons. The lowest BCUT2D eigenvalue weighted by atomic mass is 9.99. The number of methoxy groups -OCH3 is 3. The maximum Gasteiger partial charge on any atom is 0.204 e. The third-order valence-electron chi connectivity index (χ3n) is 5.62. The Morgan fingerprint density at radius 2 is 1.14 bits per heavy atom. The van der Waals surface area contributed by atoms with Crippen LogP contribution in [0.25, 0.3) is 0 Å². The van der Waals surface area contributed by atoms with Crippen molar-refractivity contribution in [1.29, 1.82) is 0 Å². The monoisotopic (exact) mass is 484 g/mol. The molecule has 0 radical (unpaired) electrons. The number of ether oxygens (including phenoxy) is 5. The number of benzene rings is 4. The molecule has 4 rings (SSSR count). The Morgan fingerprint density at radius 1 is 0.583 bits per heavy atom. The minimum atomic E-state index is -0.320. The summed E-state index contributed by atoms with van der Waals surface area (Å²) in [5, 5.41) is 0. The molecule has 0 unspecified atom stereocenters. The van der Waals surface area contributed by atoms with Gasteiger partial charge in [0, 0.05) is 12.1 Å². The third-order valence-corrected chi connectivity index (χ3v) is 5.62. The zero-order valence-electron chi connectivity index (χ0n) is 20.5. The molecular weight excluding hydrogens is 456 g/mol. The first-order valence-corrected chi connectivity index (χ1v) is 11.4. The Bertz CT molecular complexity index is 1280. The number of carbonyl (C=O) groups excluding carboxylic acids is 1. The summed E-state index contributed by atoms with van der Waals surface area (Å²) in [5.41, 5.74) is 2.61. The average Bonchev–Trinajstić information content (AvgIpc) is 2.95. The maximum atomic E-state index is 13.9. The fourth-order valence-electron chi connectivity index (χ4n) is 3.74. The lowest BCUT2D eigenvalue weighted by Gasteiger charge is -2.17.